The molecule has 1 N–H and O–H groups in total. The molecule has 0 amide bonds. The Kier molecular flexibility index (Phi) is 5.74. The summed E-state index contributed by atoms with van der Waals surface area (Å²) < 4.78 is 12.0. The lowest BCUT2D eigenvalue weighted by molar-refractivity contribution is 0.0799. The lowest BCUT2D eigenvalue weighted by atomic mass is 10.1. The molecule has 0 radical (unpaired) electrons. The van der Waals surface area contributed by atoms with E-state index >= 15 is 0 Å². The molecule has 1 aliphatic rings. The molecular weight excluding hydrogens is 354 g/mol. The van der Waals surface area contributed by atoms with Crippen LogP contribution in [0.5, 0.6) is 5.75 Å². The predicted octanol–water partition coefficient (Wildman–Crippen LogP) is 3.69. The zero-order valence-corrected chi connectivity index (χ0v) is 15.8. The van der Waals surface area contributed by atoms with Crippen LogP contribution in [0.3, 0.4) is 0 Å². The molecule has 1 aliphatic heterocycles. The average Bonchev–Trinajstić information content (AvgIpc) is 2.74. The summed E-state index contributed by atoms with van der Waals surface area (Å²) in [6, 6.07) is 16.8. The molecule has 0 saturated carbocycles. The quantitative estimate of drug-likeness (QED) is 0.662. The van der Waals surface area contributed by atoms with Gasteiger partial charge < -0.3 is 19.2 Å². The number of likely N-dealkylation sites (tertiary alicyclic amines) is 1. The number of piperidine rings is 1. The zero-order chi connectivity index (χ0) is 19.3. The van der Waals surface area contributed by atoms with Gasteiger partial charge in [0.2, 0.25) is 11.2 Å². The van der Waals surface area contributed by atoms with Crippen molar-refractivity contribution in [3.8, 4) is 17.1 Å². The van der Waals surface area contributed by atoms with Crippen molar-refractivity contribution in [2.24, 2.45) is 0 Å². The molecule has 5 nitrogen and oxygen atoms in total. The zero-order valence-electron chi connectivity index (χ0n) is 15.8. The standard InChI is InChI=1S/C23H25NO4/c25-18-11-14-24(15-12-18)13-6-16-27-23-21(26)19-9-4-5-10-20(19)28-22(23)17-7-2-1-3-8-17/h1-5,7-10,18,25H,6,11-16H2. The second-order valence-corrected chi connectivity index (χ2v) is 7.23. The van der Waals surface area contributed by atoms with E-state index in [1.165, 1.54) is 0 Å². The summed E-state index contributed by atoms with van der Waals surface area (Å²) >= 11 is 0. The topological polar surface area (TPSA) is 62.9 Å². The highest BCUT2D eigenvalue weighted by atomic mass is 16.5. The SMILES string of the molecule is O=c1c(OCCCN2CCC(O)CC2)c(-c2ccccc2)oc2ccccc12. The molecule has 5 heteroatoms. The van der Waals surface area contributed by atoms with Gasteiger partial charge in [-0.15, -0.1) is 0 Å². The van der Waals surface area contributed by atoms with Crippen LogP contribution in [-0.2, 0) is 0 Å². The highest BCUT2D eigenvalue weighted by Gasteiger charge is 2.19. The summed E-state index contributed by atoms with van der Waals surface area (Å²) in [7, 11) is 0. The van der Waals surface area contributed by atoms with Gasteiger partial charge in [0.15, 0.2) is 5.76 Å². The summed E-state index contributed by atoms with van der Waals surface area (Å²) in [5.41, 5.74) is 1.25. The average molecular weight is 379 g/mol. The van der Waals surface area contributed by atoms with E-state index < -0.39 is 0 Å². The number of ether oxygens (including phenoxy) is 1. The Morgan fingerprint density at radius 1 is 1.04 bits per heavy atom. The van der Waals surface area contributed by atoms with Gasteiger partial charge in [-0.3, -0.25) is 4.79 Å². The van der Waals surface area contributed by atoms with Gasteiger partial charge >= 0.3 is 0 Å². The summed E-state index contributed by atoms with van der Waals surface area (Å²) in [6.45, 7) is 3.16. The molecule has 146 valence electrons. The van der Waals surface area contributed by atoms with Gasteiger partial charge in [0.05, 0.1) is 18.1 Å². The fraction of sp³-hybridized carbons (Fsp3) is 0.348. The second kappa shape index (κ2) is 8.59. The number of aliphatic hydroxyl groups excluding tert-OH is 1. The van der Waals surface area contributed by atoms with E-state index in [2.05, 4.69) is 4.90 Å². The van der Waals surface area contributed by atoms with E-state index in [0.29, 0.717) is 23.3 Å². The Hall–Kier alpha value is -2.63. The highest BCUT2D eigenvalue weighted by Crippen LogP contribution is 2.30. The molecule has 3 aromatic rings. The van der Waals surface area contributed by atoms with Crippen LogP contribution in [0.15, 0.2) is 63.8 Å². The van der Waals surface area contributed by atoms with Crippen molar-refractivity contribution in [3.05, 3.63) is 64.8 Å². The molecule has 1 aromatic heterocycles. The smallest absolute Gasteiger partial charge is 0.235 e. The van der Waals surface area contributed by atoms with E-state index in [0.717, 1.165) is 44.5 Å². The minimum atomic E-state index is -0.164. The highest BCUT2D eigenvalue weighted by molar-refractivity contribution is 5.81. The maximum atomic E-state index is 13.0. The Morgan fingerprint density at radius 2 is 1.75 bits per heavy atom. The van der Waals surface area contributed by atoms with Crippen LogP contribution in [0.2, 0.25) is 0 Å². The second-order valence-electron chi connectivity index (χ2n) is 7.23. The molecule has 0 bridgehead atoms. The maximum absolute atomic E-state index is 13.0. The molecule has 1 saturated heterocycles. The summed E-state index contributed by atoms with van der Waals surface area (Å²) in [4.78, 5) is 15.4. The molecule has 0 aliphatic carbocycles. The van der Waals surface area contributed by atoms with Gasteiger partial charge in [-0.1, -0.05) is 42.5 Å². The monoisotopic (exact) mass is 379 g/mol. The first-order chi connectivity index (χ1) is 13.7. The van der Waals surface area contributed by atoms with Crippen molar-refractivity contribution < 1.29 is 14.3 Å². The van der Waals surface area contributed by atoms with Crippen molar-refractivity contribution >= 4 is 11.0 Å². The van der Waals surface area contributed by atoms with E-state index in [-0.39, 0.29) is 17.3 Å². The minimum Gasteiger partial charge on any atom is -0.486 e. The molecule has 2 aromatic carbocycles. The van der Waals surface area contributed by atoms with Crippen molar-refractivity contribution in [2.45, 2.75) is 25.4 Å². The summed E-state index contributed by atoms with van der Waals surface area (Å²) in [5, 5.41) is 10.1. The predicted molar refractivity (Wildman–Crippen MR) is 110 cm³/mol. The van der Waals surface area contributed by atoms with Gasteiger partial charge in [-0.25, -0.2) is 0 Å². The van der Waals surface area contributed by atoms with Crippen molar-refractivity contribution in [1.29, 1.82) is 0 Å². The minimum absolute atomic E-state index is 0.137. The van der Waals surface area contributed by atoms with E-state index in [9.17, 15) is 9.90 Å². The molecule has 4 rings (SSSR count). The molecule has 0 atom stereocenters. The largest absolute Gasteiger partial charge is 0.486 e. The summed E-state index contributed by atoms with van der Waals surface area (Å²) in [5.74, 6) is 0.754. The molecule has 28 heavy (non-hydrogen) atoms. The van der Waals surface area contributed by atoms with E-state index in [4.69, 9.17) is 9.15 Å². The Morgan fingerprint density at radius 3 is 2.54 bits per heavy atom. The van der Waals surface area contributed by atoms with Gasteiger partial charge in [-0.05, 0) is 31.4 Å². The maximum Gasteiger partial charge on any atom is 0.235 e. The van der Waals surface area contributed by atoms with Gasteiger partial charge in [0.25, 0.3) is 0 Å². The fourth-order valence-corrected chi connectivity index (χ4v) is 3.64. The third-order valence-corrected chi connectivity index (χ3v) is 5.21. The van der Waals surface area contributed by atoms with Crippen molar-refractivity contribution in [1.82, 2.24) is 4.90 Å². The van der Waals surface area contributed by atoms with Crippen LogP contribution in [0.1, 0.15) is 19.3 Å². The van der Waals surface area contributed by atoms with E-state index in [1.54, 1.807) is 12.1 Å². The van der Waals surface area contributed by atoms with Crippen LogP contribution in [0.4, 0.5) is 0 Å². The van der Waals surface area contributed by atoms with Crippen LogP contribution in [0.25, 0.3) is 22.3 Å². The molecular formula is C23H25NO4. The third-order valence-electron chi connectivity index (χ3n) is 5.21. The Labute approximate surface area is 164 Å². The van der Waals surface area contributed by atoms with Gasteiger partial charge in [0, 0.05) is 25.2 Å². The van der Waals surface area contributed by atoms with Gasteiger partial charge in [0.1, 0.15) is 5.58 Å². The molecule has 1 fully saturated rings. The van der Waals surface area contributed by atoms with Crippen LogP contribution in [-0.4, -0.2) is 42.4 Å². The number of hydrogen-bond acceptors (Lipinski definition) is 5. The fourth-order valence-electron chi connectivity index (χ4n) is 3.64. The van der Waals surface area contributed by atoms with Crippen LogP contribution in [0, 0.1) is 0 Å². The third kappa shape index (κ3) is 4.11. The number of para-hydroxylation sites is 1. The number of fused-ring (bicyclic) bond motifs is 1. The molecule has 2 heterocycles. The van der Waals surface area contributed by atoms with Crippen LogP contribution >= 0.6 is 0 Å². The van der Waals surface area contributed by atoms with Gasteiger partial charge in [-0.2, -0.15) is 0 Å². The first kappa shape index (κ1) is 18.7. The normalized spacial score (nSPS) is 15.8. The lowest BCUT2D eigenvalue weighted by Crippen LogP contribution is -2.36. The Bertz CT molecular complexity index is 975. The Balaban J connectivity index is 1.53. The van der Waals surface area contributed by atoms with Crippen LogP contribution < -0.4 is 10.2 Å². The number of benzene rings is 2. The lowest BCUT2D eigenvalue weighted by Gasteiger charge is -2.29. The van der Waals surface area contributed by atoms with E-state index in [1.807, 2.05) is 42.5 Å². The first-order valence-electron chi connectivity index (χ1n) is 9.87. The number of hydrogen-bond donors (Lipinski definition) is 1. The number of aliphatic hydroxyl groups is 1. The van der Waals surface area contributed by atoms with Crippen molar-refractivity contribution in [3.63, 3.8) is 0 Å². The molecule has 0 spiro atoms. The number of rotatable bonds is 6. The summed E-state index contributed by atoms with van der Waals surface area (Å²) in [6.07, 6.45) is 2.31. The number of nitrogens with zero attached hydrogens (tertiary/aromatic N) is 1. The first-order valence-corrected chi connectivity index (χ1v) is 9.87. The molecule has 0 unspecified atom stereocenters. The van der Waals surface area contributed by atoms with Crippen molar-refractivity contribution in [2.75, 3.05) is 26.2 Å².